The van der Waals surface area contributed by atoms with Crippen LogP contribution in [0.15, 0.2) is 41.8 Å². The fourth-order valence-electron chi connectivity index (χ4n) is 1.43. The zero-order chi connectivity index (χ0) is 12.8. The largest absolute Gasteiger partial charge is 0.359 e. The molecule has 5 heteroatoms. The van der Waals surface area contributed by atoms with Crippen LogP contribution in [-0.4, -0.2) is 5.11 Å². The van der Waals surface area contributed by atoms with Gasteiger partial charge in [0.1, 0.15) is 0 Å². The number of halogens is 1. The van der Waals surface area contributed by atoms with Crippen molar-refractivity contribution in [3.05, 3.63) is 57.2 Å². The van der Waals surface area contributed by atoms with Crippen molar-refractivity contribution >= 4 is 40.3 Å². The van der Waals surface area contributed by atoms with Gasteiger partial charge in [0.05, 0.1) is 6.54 Å². The lowest BCUT2D eigenvalue weighted by atomic mass is 10.2. The molecule has 0 radical (unpaired) electrons. The van der Waals surface area contributed by atoms with Crippen LogP contribution < -0.4 is 10.6 Å². The Hall–Kier alpha value is -1.10. The number of rotatable bonds is 4. The SMILES string of the molecule is S=C(NCc1ccc(Cl)cc1)NCc1cccs1. The molecule has 0 amide bonds. The van der Waals surface area contributed by atoms with E-state index in [-0.39, 0.29) is 0 Å². The Morgan fingerprint density at radius 3 is 2.50 bits per heavy atom. The van der Waals surface area contributed by atoms with Gasteiger partial charge < -0.3 is 10.6 Å². The number of benzene rings is 1. The first-order valence-electron chi connectivity index (χ1n) is 5.52. The van der Waals surface area contributed by atoms with Gasteiger partial charge >= 0.3 is 0 Å². The van der Waals surface area contributed by atoms with Crippen molar-refractivity contribution in [1.29, 1.82) is 0 Å². The maximum absolute atomic E-state index is 5.82. The van der Waals surface area contributed by atoms with E-state index in [1.807, 2.05) is 30.3 Å². The zero-order valence-electron chi connectivity index (χ0n) is 9.65. The third-order valence-electron chi connectivity index (χ3n) is 2.37. The van der Waals surface area contributed by atoms with Crippen LogP contribution in [0.5, 0.6) is 0 Å². The smallest absolute Gasteiger partial charge is 0.166 e. The second-order valence-electron chi connectivity index (χ2n) is 3.74. The Labute approximate surface area is 121 Å². The van der Waals surface area contributed by atoms with Crippen LogP contribution in [0.25, 0.3) is 0 Å². The van der Waals surface area contributed by atoms with E-state index in [4.69, 9.17) is 23.8 Å². The highest BCUT2D eigenvalue weighted by Crippen LogP contribution is 2.09. The highest BCUT2D eigenvalue weighted by molar-refractivity contribution is 7.80. The predicted octanol–water partition coefficient (Wildman–Crippen LogP) is 3.57. The lowest BCUT2D eigenvalue weighted by Gasteiger charge is -2.09. The Bertz CT molecular complexity index is 494. The summed E-state index contributed by atoms with van der Waals surface area (Å²) < 4.78 is 0. The molecule has 0 atom stereocenters. The Morgan fingerprint density at radius 1 is 1.11 bits per heavy atom. The minimum atomic E-state index is 0.665. The molecule has 2 nitrogen and oxygen atoms in total. The molecule has 0 aliphatic heterocycles. The maximum atomic E-state index is 5.82. The molecule has 2 N–H and O–H groups in total. The molecule has 1 heterocycles. The van der Waals surface area contributed by atoms with Crippen molar-refractivity contribution in [1.82, 2.24) is 10.6 Å². The molecule has 2 aromatic rings. The van der Waals surface area contributed by atoms with Crippen molar-refractivity contribution in [2.24, 2.45) is 0 Å². The molecule has 0 aliphatic rings. The molecule has 0 saturated heterocycles. The van der Waals surface area contributed by atoms with Gasteiger partial charge in [0.25, 0.3) is 0 Å². The zero-order valence-corrected chi connectivity index (χ0v) is 12.0. The van der Waals surface area contributed by atoms with Crippen LogP contribution in [0, 0.1) is 0 Å². The Morgan fingerprint density at radius 2 is 1.83 bits per heavy atom. The van der Waals surface area contributed by atoms with Gasteiger partial charge in [-0.15, -0.1) is 11.3 Å². The molecule has 0 unspecified atom stereocenters. The summed E-state index contributed by atoms with van der Waals surface area (Å²) in [6.45, 7) is 1.47. The topological polar surface area (TPSA) is 24.1 Å². The second kappa shape index (κ2) is 6.73. The molecular weight excluding hydrogens is 284 g/mol. The average molecular weight is 297 g/mol. The van der Waals surface area contributed by atoms with E-state index >= 15 is 0 Å². The number of hydrogen-bond acceptors (Lipinski definition) is 2. The van der Waals surface area contributed by atoms with E-state index in [1.54, 1.807) is 11.3 Å². The first-order valence-corrected chi connectivity index (χ1v) is 7.19. The van der Waals surface area contributed by atoms with Gasteiger partial charge in [0.15, 0.2) is 5.11 Å². The van der Waals surface area contributed by atoms with Crippen molar-refractivity contribution < 1.29 is 0 Å². The predicted molar refractivity (Wildman–Crippen MR) is 82.0 cm³/mol. The van der Waals surface area contributed by atoms with Gasteiger partial charge in [-0.05, 0) is 41.4 Å². The molecule has 1 aromatic carbocycles. The third-order valence-corrected chi connectivity index (χ3v) is 3.79. The van der Waals surface area contributed by atoms with Crippen LogP contribution in [0.3, 0.4) is 0 Å². The molecule has 2 rings (SSSR count). The fraction of sp³-hybridized carbons (Fsp3) is 0.154. The summed E-state index contributed by atoms with van der Waals surface area (Å²) in [6.07, 6.45) is 0. The lowest BCUT2D eigenvalue weighted by molar-refractivity contribution is 0.840. The molecule has 0 bridgehead atoms. The minimum absolute atomic E-state index is 0.665. The Kier molecular flexibility index (Phi) is 4.99. The fourth-order valence-corrected chi connectivity index (χ4v) is 2.34. The summed E-state index contributed by atoms with van der Waals surface area (Å²) in [7, 11) is 0. The first-order chi connectivity index (χ1) is 8.74. The highest BCUT2D eigenvalue weighted by atomic mass is 35.5. The van der Waals surface area contributed by atoms with Crippen LogP contribution in [0.2, 0.25) is 5.02 Å². The van der Waals surface area contributed by atoms with Crippen molar-refractivity contribution in [3.8, 4) is 0 Å². The van der Waals surface area contributed by atoms with Crippen LogP contribution >= 0.6 is 35.2 Å². The first kappa shape index (κ1) is 13.3. The highest BCUT2D eigenvalue weighted by Gasteiger charge is 1.98. The third kappa shape index (κ3) is 4.29. The lowest BCUT2D eigenvalue weighted by Crippen LogP contribution is -2.34. The van der Waals surface area contributed by atoms with Crippen molar-refractivity contribution in [3.63, 3.8) is 0 Å². The van der Waals surface area contributed by atoms with Gasteiger partial charge in [-0.3, -0.25) is 0 Å². The summed E-state index contributed by atoms with van der Waals surface area (Å²) in [4.78, 5) is 1.27. The number of nitrogens with one attached hydrogen (secondary N) is 2. The minimum Gasteiger partial charge on any atom is -0.359 e. The van der Waals surface area contributed by atoms with Gasteiger partial charge in [-0.2, -0.15) is 0 Å². The quantitative estimate of drug-likeness (QED) is 0.844. The van der Waals surface area contributed by atoms with Crippen molar-refractivity contribution in [2.45, 2.75) is 13.1 Å². The van der Waals surface area contributed by atoms with E-state index < -0.39 is 0 Å². The Balaban J connectivity index is 1.73. The number of hydrogen-bond donors (Lipinski definition) is 2. The summed E-state index contributed by atoms with van der Waals surface area (Å²) >= 11 is 12.7. The monoisotopic (exact) mass is 296 g/mol. The molecule has 18 heavy (non-hydrogen) atoms. The van der Waals surface area contributed by atoms with Crippen LogP contribution in [0.1, 0.15) is 10.4 Å². The molecule has 94 valence electrons. The molecule has 0 aliphatic carbocycles. The molecular formula is C13H13ClN2S2. The van der Waals surface area contributed by atoms with E-state index in [0.717, 1.165) is 17.1 Å². The molecule has 0 fully saturated rings. The van der Waals surface area contributed by atoms with Crippen LogP contribution in [-0.2, 0) is 13.1 Å². The van der Waals surface area contributed by atoms with E-state index in [2.05, 4.69) is 22.1 Å². The summed E-state index contributed by atoms with van der Waals surface area (Å²) in [5.41, 5.74) is 1.15. The van der Waals surface area contributed by atoms with E-state index in [0.29, 0.717) is 11.7 Å². The molecule has 0 saturated carbocycles. The maximum Gasteiger partial charge on any atom is 0.166 e. The van der Waals surface area contributed by atoms with Gasteiger partial charge in [-0.1, -0.05) is 29.8 Å². The number of thiocarbonyl (C=S) groups is 1. The second-order valence-corrected chi connectivity index (χ2v) is 5.62. The van der Waals surface area contributed by atoms with Gasteiger partial charge in [-0.25, -0.2) is 0 Å². The normalized spacial score (nSPS) is 10.1. The summed E-state index contributed by atoms with van der Waals surface area (Å²) in [5.74, 6) is 0. The van der Waals surface area contributed by atoms with Gasteiger partial charge in [0.2, 0.25) is 0 Å². The summed E-state index contributed by atoms with van der Waals surface area (Å²) in [6, 6.07) is 11.8. The standard InChI is InChI=1S/C13H13ClN2S2/c14-11-5-3-10(4-6-11)8-15-13(17)16-9-12-2-1-7-18-12/h1-7H,8-9H2,(H2,15,16,17). The van der Waals surface area contributed by atoms with Crippen molar-refractivity contribution in [2.75, 3.05) is 0 Å². The van der Waals surface area contributed by atoms with E-state index in [1.165, 1.54) is 4.88 Å². The average Bonchev–Trinajstić information content (AvgIpc) is 2.89. The summed E-state index contributed by atoms with van der Waals surface area (Å²) in [5, 5.41) is 9.80. The van der Waals surface area contributed by atoms with E-state index in [9.17, 15) is 0 Å². The number of thiophene rings is 1. The molecule has 0 spiro atoms. The van der Waals surface area contributed by atoms with Gasteiger partial charge in [0, 0.05) is 16.4 Å². The molecule has 1 aromatic heterocycles. The van der Waals surface area contributed by atoms with Crippen LogP contribution in [0.4, 0.5) is 0 Å².